The monoisotopic (exact) mass is 301 g/mol. The summed E-state index contributed by atoms with van der Waals surface area (Å²) < 4.78 is 5.06. The van der Waals surface area contributed by atoms with Crippen molar-refractivity contribution in [1.29, 1.82) is 0 Å². The second-order valence-electron chi connectivity index (χ2n) is 6.54. The Kier molecular flexibility index (Phi) is 12.5. The fourth-order valence-corrected chi connectivity index (χ4v) is 2.58. The van der Waals surface area contributed by atoms with Crippen LogP contribution >= 0.6 is 0 Å². The molecule has 0 saturated carbocycles. The standard InChI is InChI=1S/C17H35NO3/c1-17(2,21-16(18)20)14-12-10-8-6-4-3-5-7-9-11-13-15-19/h19H,3-15H2,1-2H3,(H2,18,20). The maximum Gasteiger partial charge on any atom is 0.405 e. The molecule has 4 nitrogen and oxygen atoms in total. The summed E-state index contributed by atoms with van der Waals surface area (Å²) in [4.78, 5) is 10.7. The number of primary amides is 1. The number of hydrogen-bond donors (Lipinski definition) is 2. The maximum absolute atomic E-state index is 10.7. The summed E-state index contributed by atoms with van der Waals surface area (Å²) in [5.74, 6) is 0. The first-order valence-electron chi connectivity index (χ1n) is 8.57. The predicted octanol–water partition coefficient (Wildman–Crippen LogP) is 4.53. The lowest BCUT2D eigenvalue weighted by Gasteiger charge is -2.23. The molecule has 0 unspecified atom stereocenters. The van der Waals surface area contributed by atoms with Gasteiger partial charge in [-0.1, -0.05) is 57.8 Å². The summed E-state index contributed by atoms with van der Waals surface area (Å²) in [5, 5.41) is 8.67. The average molecular weight is 301 g/mol. The van der Waals surface area contributed by atoms with E-state index in [0.717, 1.165) is 19.3 Å². The van der Waals surface area contributed by atoms with E-state index in [9.17, 15) is 4.79 Å². The van der Waals surface area contributed by atoms with Crippen molar-refractivity contribution in [2.24, 2.45) is 5.73 Å². The van der Waals surface area contributed by atoms with Gasteiger partial charge < -0.3 is 15.6 Å². The summed E-state index contributed by atoms with van der Waals surface area (Å²) >= 11 is 0. The number of carbonyl (C=O) groups is 1. The zero-order valence-electron chi connectivity index (χ0n) is 14.0. The van der Waals surface area contributed by atoms with Crippen molar-refractivity contribution in [1.82, 2.24) is 0 Å². The van der Waals surface area contributed by atoms with Gasteiger partial charge in [-0.25, -0.2) is 4.79 Å². The van der Waals surface area contributed by atoms with Crippen molar-refractivity contribution >= 4 is 6.09 Å². The fraction of sp³-hybridized carbons (Fsp3) is 0.941. The first-order valence-corrected chi connectivity index (χ1v) is 8.57. The number of ether oxygens (including phenoxy) is 1. The van der Waals surface area contributed by atoms with Crippen molar-refractivity contribution in [2.75, 3.05) is 6.61 Å². The van der Waals surface area contributed by atoms with E-state index >= 15 is 0 Å². The molecule has 0 spiro atoms. The van der Waals surface area contributed by atoms with Crippen LogP contribution in [0.25, 0.3) is 0 Å². The fourth-order valence-electron chi connectivity index (χ4n) is 2.58. The molecule has 21 heavy (non-hydrogen) atoms. The van der Waals surface area contributed by atoms with Crippen LogP contribution in [0.1, 0.15) is 90.9 Å². The van der Waals surface area contributed by atoms with E-state index in [1.54, 1.807) is 0 Å². The van der Waals surface area contributed by atoms with Crippen LogP contribution < -0.4 is 5.73 Å². The molecule has 0 saturated heterocycles. The zero-order valence-corrected chi connectivity index (χ0v) is 14.0. The minimum absolute atomic E-state index is 0.335. The van der Waals surface area contributed by atoms with E-state index in [2.05, 4.69) is 0 Å². The molecule has 0 radical (unpaired) electrons. The van der Waals surface area contributed by atoms with Crippen LogP contribution in [0.15, 0.2) is 0 Å². The van der Waals surface area contributed by atoms with E-state index in [1.807, 2.05) is 13.8 Å². The summed E-state index contributed by atoms with van der Waals surface area (Å²) in [6.07, 6.45) is 13.7. The minimum Gasteiger partial charge on any atom is -0.444 e. The van der Waals surface area contributed by atoms with Gasteiger partial charge in [0.05, 0.1) is 0 Å². The van der Waals surface area contributed by atoms with Crippen LogP contribution in [-0.4, -0.2) is 23.4 Å². The Hall–Kier alpha value is -0.770. The second kappa shape index (κ2) is 12.9. The lowest BCUT2D eigenvalue weighted by atomic mass is 9.99. The van der Waals surface area contributed by atoms with Crippen LogP contribution in [0.2, 0.25) is 0 Å². The lowest BCUT2D eigenvalue weighted by Crippen LogP contribution is -2.30. The van der Waals surface area contributed by atoms with Gasteiger partial charge in [-0.3, -0.25) is 0 Å². The van der Waals surface area contributed by atoms with Crippen molar-refractivity contribution in [2.45, 2.75) is 96.5 Å². The maximum atomic E-state index is 10.7. The number of nitrogens with two attached hydrogens (primary N) is 1. The summed E-state index contributed by atoms with van der Waals surface area (Å²) in [5.41, 5.74) is 4.61. The molecule has 126 valence electrons. The van der Waals surface area contributed by atoms with Gasteiger partial charge in [0.25, 0.3) is 0 Å². The van der Waals surface area contributed by atoms with Crippen molar-refractivity contribution in [3.05, 3.63) is 0 Å². The molecule has 0 atom stereocenters. The smallest absolute Gasteiger partial charge is 0.405 e. The number of aliphatic hydroxyl groups is 1. The molecular weight excluding hydrogens is 266 g/mol. The number of carbonyl (C=O) groups excluding carboxylic acids is 1. The van der Waals surface area contributed by atoms with Gasteiger partial charge in [0.15, 0.2) is 0 Å². The van der Waals surface area contributed by atoms with Crippen molar-refractivity contribution in [3.8, 4) is 0 Å². The van der Waals surface area contributed by atoms with E-state index in [4.69, 9.17) is 15.6 Å². The molecule has 0 aliphatic heterocycles. The zero-order chi connectivity index (χ0) is 16.0. The van der Waals surface area contributed by atoms with Gasteiger partial charge in [0.1, 0.15) is 5.60 Å². The Labute approximate surface area is 130 Å². The highest BCUT2D eigenvalue weighted by Crippen LogP contribution is 2.19. The number of aliphatic hydroxyl groups excluding tert-OH is 1. The van der Waals surface area contributed by atoms with Crippen LogP contribution in [0.3, 0.4) is 0 Å². The van der Waals surface area contributed by atoms with Crippen molar-refractivity contribution in [3.63, 3.8) is 0 Å². The highest BCUT2D eigenvalue weighted by molar-refractivity contribution is 5.65. The lowest BCUT2D eigenvalue weighted by molar-refractivity contribution is 0.0372. The van der Waals surface area contributed by atoms with Crippen LogP contribution in [0.4, 0.5) is 4.79 Å². The van der Waals surface area contributed by atoms with E-state index < -0.39 is 11.7 Å². The molecule has 1 amide bonds. The molecule has 0 heterocycles. The third-order valence-corrected chi connectivity index (χ3v) is 3.81. The first kappa shape index (κ1) is 20.2. The quantitative estimate of drug-likeness (QED) is 0.463. The molecule has 0 aliphatic rings. The van der Waals surface area contributed by atoms with Gasteiger partial charge in [-0.15, -0.1) is 0 Å². The average Bonchev–Trinajstić information content (AvgIpc) is 2.38. The normalized spacial score (nSPS) is 11.6. The number of unbranched alkanes of at least 4 members (excludes halogenated alkanes) is 10. The van der Waals surface area contributed by atoms with Gasteiger partial charge in [0, 0.05) is 6.61 Å². The van der Waals surface area contributed by atoms with Gasteiger partial charge in [-0.2, -0.15) is 0 Å². The summed E-state index contributed by atoms with van der Waals surface area (Å²) in [6, 6.07) is 0. The highest BCUT2D eigenvalue weighted by Gasteiger charge is 2.20. The molecule has 0 aromatic carbocycles. The number of amides is 1. The van der Waals surface area contributed by atoms with Crippen LogP contribution in [-0.2, 0) is 4.74 Å². The van der Waals surface area contributed by atoms with E-state index in [1.165, 1.54) is 57.8 Å². The largest absolute Gasteiger partial charge is 0.444 e. The van der Waals surface area contributed by atoms with Crippen molar-refractivity contribution < 1.29 is 14.6 Å². The predicted molar refractivity (Wildman–Crippen MR) is 87.2 cm³/mol. The van der Waals surface area contributed by atoms with E-state index in [0.29, 0.717) is 6.61 Å². The van der Waals surface area contributed by atoms with Crippen LogP contribution in [0, 0.1) is 0 Å². The minimum atomic E-state index is -0.681. The Balaban J connectivity index is 3.24. The Morgan fingerprint density at radius 2 is 1.24 bits per heavy atom. The van der Waals surface area contributed by atoms with Gasteiger partial charge >= 0.3 is 6.09 Å². The molecule has 3 N–H and O–H groups in total. The molecule has 0 fully saturated rings. The molecule has 0 aliphatic carbocycles. The van der Waals surface area contributed by atoms with Gasteiger partial charge in [-0.05, 0) is 33.1 Å². The SMILES string of the molecule is CC(C)(CCCCCCCCCCCCCO)OC(N)=O. The van der Waals surface area contributed by atoms with Crippen LogP contribution in [0.5, 0.6) is 0 Å². The Morgan fingerprint density at radius 1 is 0.857 bits per heavy atom. The Morgan fingerprint density at radius 3 is 1.62 bits per heavy atom. The second-order valence-corrected chi connectivity index (χ2v) is 6.54. The summed E-state index contributed by atoms with van der Waals surface area (Å²) in [6.45, 7) is 4.16. The molecule has 4 heteroatoms. The summed E-state index contributed by atoms with van der Waals surface area (Å²) in [7, 11) is 0. The molecular formula is C17H35NO3. The first-order chi connectivity index (χ1) is 9.98. The third-order valence-electron chi connectivity index (χ3n) is 3.81. The molecule has 0 aromatic rings. The van der Waals surface area contributed by atoms with E-state index in [-0.39, 0.29) is 0 Å². The molecule has 0 rings (SSSR count). The third kappa shape index (κ3) is 15.4. The topological polar surface area (TPSA) is 72.6 Å². The highest BCUT2D eigenvalue weighted by atomic mass is 16.6. The molecule has 0 aromatic heterocycles. The number of rotatable bonds is 14. The number of hydrogen-bond acceptors (Lipinski definition) is 3. The molecule has 0 bridgehead atoms. The van der Waals surface area contributed by atoms with Gasteiger partial charge in [0.2, 0.25) is 0 Å². The Bertz CT molecular complexity index is 254.